The number of hydrogen-bond acceptors (Lipinski definition) is 1. The third-order valence-corrected chi connectivity index (χ3v) is 3.89. The summed E-state index contributed by atoms with van der Waals surface area (Å²) in [5.41, 5.74) is 2.23. The van der Waals surface area contributed by atoms with E-state index >= 15 is 0 Å². The minimum atomic E-state index is -0.356. The van der Waals surface area contributed by atoms with Gasteiger partial charge in [0.1, 0.15) is 5.82 Å². The van der Waals surface area contributed by atoms with Gasteiger partial charge in [-0.05, 0) is 48.6 Å². The highest BCUT2D eigenvalue weighted by Gasteiger charge is 2.11. The standard InChI is InChI=1S/C13H7BrClFN2S/c14-7-1-4-10-12(5-7)18(13(19)17-10)11-6-8(16)2-3-9(11)15/h1-6H,(H,17,19). The molecule has 0 aliphatic carbocycles. The van der Waals surface area contributed by atoms with Gasteiger partial charge in [0, 0.05) is 4.47 Å². The average molecular weight is 358 g/mol. The molecule has 0 saturated heterocycles. The molecule has 3 aromatic rings. The second kappa shape index (κ2) is 4.74. The summed E-state index contributed by atoms with van der Waals surface area (Å²) in [6.45, 7) is 0. The first kappa shape index (κ1) is 12.8. The molecule has 2 aromatic carbocycles. The lowest BCUT2D eigenvalue weighted by Gasteiger charge is -2.07. The summed E-state index contributed by atoms with van der Waals surface area (Å²) in [6, 6.07) is 9.92. The lowest BCUT2D eigenvalue weighted by Crippen LogP contribution is -1.96. The smallest absolute Gasteiger partial charge is 0.182 e. The third-order valence-electron chi connectivity index (χ3n) is 2.79. The number of hydrogen-bond donors (Lipinski definition) is 1. The van der Waals surface area contributed by atoms with Gasteiger partial charge >= 0.3 is 0 Å². The van der Waals surface area contributed by atoms with E-state index in [1.165, 1.54) is 18.2 Å². The summed E-state index contributed by atoms with van der Waals surface area (Å²) < 4.78 is 16.5. The highest BCUT2D eigenvalue weighted by molar-refractivity contribution is 9.10. The largest absolute Gasteiger partial charge is 0.330 e. The zero-order valence-electron chi connectivity index (χ0n) is 9.45. The lowest BCUT2D eigenvalue weighted by molar-refractivity contribution is 0.626. The molecule has 0 atom stereocenters. The van der Waals surface area contributed by atoms with Crippen molar-refractivity contribution in [3.8, 4) is 5.69 Å². The van der Waals surface area contributed by atoms with Gasteiger partial charge in [0.05, 0.1) is 21.7 Å². The summed E-state index contributed by atoms with van der Waals surface area (Å²) in [5, 5.41) is 0.443. The van der Waals surface area contributed by atoms with Gasteiger partial charge in [-0.15, -0.1) is 0 Å². The molecule has 0 aliphatic heterocycles. The molecule has 96 valence electrons. The fourth-order valence-corrected chi connectivity index (χ4v) is 2.83. The fraction of sp³-hybridized carbons (Fsp3) is 0. The number of fused-ring (bicyclic) bond motifs is 1. The van der Waals surface area contributed by atoms with E-state index < -0.39 is 0 Å². The molecule has 19 heavy (non-hydrogen) atoms. The van der Waals surface area contributed by atoms with Gasteiger partial charge in [-0.1, -0.05) is 27.5 Å². The number of H-pyrrole nitrogens is 1. The molecule has 1 heterocycles. The molecule has 0 spiro atoms. The van der Waals surface area contributed by atoms with Crippen LogP contribution in [-0.2, 0) is 0 Å². The van der Waals surface area contributed by atoms with Gasteiger partial charge in [-0.3, -0.25) is 4.57 Å². The second-order valence-corrected chi connectivity index (χ2v) is 5.73. The van der Waals surface area contributed by atoms with Crippen molar-refractivity contribution in [3.05, 3.63) is 56.5 Å². The Bertz CT molecular complexity index is 840. The van der Waals surface area contributed by atoms with Gasteiger partial charge in [-0.2, -0.15) is 0 Å². The van der Waals surface area contributed by atoms with Crippen molar-refractivity contribution >= 4 is 50.8 Å². The molecule has 0 saturated carbocycles. The van der Waals surface area contributed by atoms with Crippen molar-refractivity contribution in [3.63, 3.8) is 0 Å². The summed E-state index contributed by atoms with van der Waals surface area (Å²) in [7, 11) is 0. The van der Waals surface area contributed by atoms with Crippen LogP contribution < -0.4 is 0 Å². The number of halogens is 3. The number of aromatic nitrogens is 2. The van der Waals surface area contributed by atoms with Crippen LogP contribution >= 0.6 is 39.7 Å². The molecule has 6 heteroatoms. The van der Waals surface area contributed by atoms with Crippen molar-refractivity contribution in [2.45, 2.75) is 0 Å². The second-order valence-electron chi connectivity index (χ2n) is 4.02. The van der Waals surface area contributed by atoms with E-state index in [1.54, 1.807) is 4.57 Å². The molecule has 0 unspecified atom stereocenters. The summed E-state index contributed by atoms with van der Waals surface area (Å²) in [4.78, 5) is 3.08. The zero-order valence-corrected chi connectivity index (χ0v) is 12.6. The van der Waals surface area contributed by atoms with Gasteiger partial charge in [0.25, 0.3) is 0 Å². The molecular formula is C13H7BrClFN2S. The van der Waals surface area contributed by atoms with Crippen LogP contribution in [0.2, 0.25) is 5.02 Å². The van der Waals surface area contributed by atoms with Crippen molar-refractivity contribution in [1.82, 2.24) is 9.55 Å². The molecule has 0 bridgehead atoms. The van der Waals surface area contributed by atoms with Gasteiger partial charge < -0.3 is 4.98 Å². The number of imidazole rings is 1. The minimum Gasteiger partial charge on any atom is -0.330 e. The predicted octanol–water partition coefficient (Wildman–Crippen LogP) is 5.24. The van der Waals surface area contributed by atoms with Crippen molar-refractivity contribution in [2.24, 2.45) is 0 Å². The average Bonchev–Trinajstić information content (AvgIpc) is 2.68. The van der Waals surface area contributed by atoms with Crippen LogP contribution in [0.5, 0.6) is 0 Å². The van der Waals surface area contributed by atoms with Crippen LogP contribution in [-0.4, -0.2) is 9.55 Å². The first-order valence-electron chi connectivity index (χ1n) is 5.42. The molecule has 0 radical (unpaired) electrons. The zero-order chi connectivity index (χ0) is 13.6. The van der Waals surface area contributed by atoms with Crippen LogP contribution in [0.15, 0.2) is 40.9 Å². The topological polar surface area (TPSA) is 20.7 Å². The molecule has 2 nitrogen and oxygen atoms in total. The van der Waals surface area contributed by atoms with Crippen LogP contribution in [0.3, 0.4) is 0 Å². The van der Waals surface area contributed by atoms with Gasteiger partial charge in [0.15, 0.2) is 4.77 Å². The van der Waals surface area contributed by atoms with Crippen LogP contribution in [0.25, 0.3) is 16.7 Å². The highest BCUT2D eigenvalue weighted by atomic mass is 79.9. The Morgan fingerprint density at radius 1 is 1.21 bits per heavy atom. The van der Waals surface area contributed by atoms with E-state index in [0.717, 1.165) is 15.5 Å². The molecule has 0 aliphatic rings. The Morgan fingerprint density at radius 3 is 2.79 bits per heavy atom. The summed E-state index contributed by atoms with van der Waals surface area (Å²) in [6.07, 6.45) is 0. The SMILES string of the molecule is Fc1ccc(Cl)c(-n2c(=S)[nH]c3ccc(Br)cc32)c1. The Kier molecular flexibility index (Phi) is 3.20. The molecule has 0 fully saturated rings. The van der Waals surface area contributed by atoms with Crippen LogP contribution in [0.1, 0.15) is 0 Å². The molecule has 0 amide bonds. The predicted molar refractivity (Wildman–Crippen MR) is 81.1 cm³/mol. The normalized spacial score (nSPS) is 11.1. The highest BCUT2D eigenvalue weighted by Crippen LogP contribution is 2.27. The van der Waals surface area contributed by atoms with Crippen molar-refractivity contribution < 1.29 is 4.39 Å². The maximum absolute atomic E-state index is 13.4. The van der Waals surface area contributed by atoms with Crippen molar-refractivity contribution in [1.29, 1.82) is 0 Å². The number of benzene rings is 2. The van der Waals surface area contributed by atoms with E-state index in [0.29, 0.717) is 15.5 Å². The maximum atomic E-state index is 13.4. The van der Waals surface area contributed by atoms with E-state index in [1.807, 2.05) is 18.2 Å². The Hall–Kier alpha value is -1.17. The fourth-order valence-electron chi connectivity index (χ4n) is 1.97. The van der Waals surface area contributed by atoms with Gasteiger partial charge in [-0.25, -0.2) is 4.39 Å². The maximum Gasteiger partial charge on any atom is 0.182 e. The van der Waals surface area contributed by atoms with Crippen LogP contribution in [0, 0.1) is 10.6 Å². The number of aromatic amines is 1. The monoisotopic (exact) mass is 356 g/mol. The quantitative estimate of drug-likeness (QED) is 0.590. The molecule has 1 N–H and O–H groups in total. The number of rotatable bonds is 1. The third kappa shape index (κ3) is 2.22. The summed E-state index contributed by atoms with van der Waals surface area (Å²) in [5.74, 6) is -0.356. The van der Waals surface area contributed by atoms with Crippen LogP contribution in [0.4, 0.5) is 4.39 Å². The van der Waals surface area contributed by atoms with Crippen molar-refractivity contribution in [2.75, 3.05) is 0 Å². The first-order valence-corrected chi connectivity index (χ1v) is 7.00. The molecule has 1 aromatic heterocycles. The Labute approximate surface area is 127 Å². The number of nitrogens with one attached hydrogen (secondary N) is 1. The first-order chi connectivity index (χ1) is 9.06. The molecule has 3 rings (SSSR count). The Balaban J connectivity index is 2.42. The van der Waals surface area contributed by atoms with E-state index in [-0.39, 0.29) is 5.82 Å². The summed E-state index contributed by atoms with van der Waals surface area (Å²) >= 11 is 14.8. The lowest BCUT2D eigenvalue weighted by atomic mass is 10.2. The van der Waals surface area contributed by atoms with E-state index in [9.17, 15) is 4.39 Å². The number of nitrogens with zero attached hydrogens (tertiary/aromatic N) is 1. The van der Waals surface area contributed by atoms with E-state index in [4.69, 9.17) is 23.8 Å². The molecular weight excluding hydrogens is 351 g/mol. The van der Waals surface area contributed by atoms with E-state index in [2.05, 4.69) is 20.9 Å². The van der Waals surface area contributed by atoms with Gasteiger partial charge in [0.2, 0.25) is 0 Å². The Morgan fingerprint density at radius 2 is 2.00 bits per heavy atom. The minimum absolute atomic E-state index is 0.356.